The molecule has 1 aliphatic carbocycles. The summed E-state index contributed by atoms with van der Waals surface area (Å²) < 4.78 is 261. The normalized spacial score (nSPS) is 16.5. The molecule has 6 aromatic carbocycles. The fourth-order valence-corrected chi connectivity index (χ4v) is 20.5. The smallest absolute Gasteiger partial charge is 0.216 e. The molecule has 0 spiro atoms. The molecule has 0 aliphatic heterocycles. The molecule has 0 saturated heterocycles. The Morgan fingerprint density at radius 3 is 1.13 bits per heavy atom. The Kier molecular flexibility index (Phi) is 26.5. The molecule has 1 saturated carbocycles. The van der Waals surface area contributed by atoms with Crippen molar-refractivity contribution in [2.45, 2.75) is 240 Å². The maximum atomic E-state index is 9.69. The van der Waals surface area contributed by atoms with Crippen molar-refractivity contribution < 1.29 is 115 Å². The number of nitriles is 1. The van der Waals surface area contributed by atoms with Crippen LogP contribution >= 0.6 is 0 Å². The van der Waals surface area contributed by atoms with Gasteiger partial charge in [-0.3, -0.25) is 0 Å². The number of fused-ring (bicyclic) bond motifs is 9. The van der Waals surface area contributed by atoms with Gasteiger partial charge in [-0.15, -0.1) is 156 Å². The average molecular weight is 2510 g/mol. The molecule has 12 aromatic heterocycles. The summed E-state index contributed by atoms with van der Waals surface area (Å²) in [5.74, 6) is -1.03. The first kappa shape index (κ1) is 76.7. The number of pyridine rings is 9. The van der Waals surface area contributed by atoms with Crippen LogP contribution in [0.15, 0.2) is 226 Å². The fraction of sp³-hybridized carbons (Fsp3) is 0.339. The van der Waals surface area contributed by atoms with Gasteiger partial charge in [-0.2, -0.15) is 0 Å². The van der Waals surface area contributed by atoms with E-state index in [1.807, 2.05) is 151 Å². The zero-order valence-electron chi connectivity index (χ0n) is 114. The minimum absolute atomic E-state index is 0. The molecule has 19 heteroatoms. The number of hydrogen-bond donors (Lipinski definition) is 0. The molecule has 13 nitrogen and oxygen atoms in total. The second-order valence-electron chi connectivity index (χ2n) is 40.0. The van der Waals surface area contributed by atoms with Crippen LogP contribution in [0.4, 0.5) is 0 Å². The third-order valence-electron chi connectivity index (χ3n) is 22.7. The van der Waals surface area contributed by atoms with E-state index in [1.54, 1.807) is 71.0 Å². The minimum atomic E-state index is -2.60. The molecule has 0 unspecified atom stereocenters. The summed E-state index contributed by atoms with van der Waals surface area (Å²) in [4.78, 5) is 39.2. The maximum Gasteiger partial charge on any atom is 0.216 e. The van der Waals surface area contributed by atoms with Crippen molar-refractivity contribution in [3.63, 3.8) is 0 Å². The topological polar surface area (TPSA) is 179 Å². The summed E-state index contributed by atoms with van der Waals surface area (Å²) in [6.07, 6.45) is 2.64. The van der Waals surface area contributed by atoms with Crippen LogP contribution in [-0.4, -0.2) is 69.1 Å². The molecular weight excluding hydrogens is 2340 g/mol. The predicted octanol–water partition coefficient (Wildman–Crippen LogP) is 30.6. The van der Waals surface area contributed by atoms with Crippen molar-refractivity contribution in [2.24, 2.45) is 35.0 Å². The fourth-order valence-electron chi connectivity index (χ4n) is 16.3. The zero-order chi connectivity index (χ0) is 126. The summed E-state index contributed by atoms with van der Waals surface area (Å²) in [7, 11) is -5.01. The third kappa shape index (κ3) is 28.9. The van der Waals surface area contributed by atoms with Crippen LogP contribution in [0, 0.1) is 124 Å². The molecule has 1 aliphatic rings. The quantitative estimate of drug-likeness (QED) is 0.0520. The van der Waals surface area contributed by atoms with Crippen LogP contribution in [0.5, 0.6) is 0 Å². The molecule has 19 rings (SSSR count). The molecule has 0 atom stereocenters. The van der Waals surface area contributed by atoms with E-state index in [1.165, 1.54) is 67.1 Å². The third-order valence-corrected chi connectivity index (χ3v) is 28.7. The van der Waals surface area contributed by atoms with Gasteiger partial charge in [0.2, 0.25) is 17.1 Å². The van der Waals surface area contributed by atoms with E-state index < -0.39 is 115 Å². The number of nitrogens with zero attached hydrogens (tertiary/aromatic N) is 10. The van der Waals surface area contributed by atoms with Gasteiger partial charge in [-0.05, 0) is 228 Å². The van der Waals surface area contributed by atoms with Gasteiger partial charge in [0.05, 0.1) is 41.0 Å². The monoisotopic (exact) mass is 2510 g/mol. The van der Waals surface area contributed by atoms with Crippen LogP contribution in [0.1, 0.15) is 216 Å². The van der Waals surface area contributed by atoms with E-state index in [2.05, 4.69) is 146 Å². The van der Waals surface area contributed by atoms with E-state index in [0.29, 0.717) is 73.1 Å². The number of rotatable bonds is 20. The summed E-state index contributed by atoms with van der Waals surface area (Å²) in [6.45, 7) is 25.3. The van der Waals surface area contributed by atoms with Gasteiger partial charge in [0.1, 0.15) is 0 Å². The number of aryl methyl sites for hydroxylation is 6. The van der Waals surface area contributed by atoms with E-state index in [0.717, 1.165) is 78.9 Å². The second kappa shape index (κ2) is 49.4. The number of furan rings is 3. The largest absolute Gasteiger partial charge is 0.486 e. The van der Waals surface area contributed by atoms with Gasteiger partial charge in [0, 0.05) is 178 Å². The SMILES string of the molecule is [2H]C([2H])([2H])c1ccc2c(n1)oc1c(-c3cc(C([2H])([2H])C(C)(C)C)c(C([2H])([2H])[2H])cn3)[c-]ccc12.[2H]C([2H])([2H])c1ccc2c(n1)oc1c(-c3cc(C([2H])([2H])C(C)C)c(C([2H])([2H])[2H])cn3)[c-]ccc12.[2H]C([2H])([2H])c1ccc2c(n1)oc1c(-c3cc(C([2H])([2H])[2H])c(C([2H])([2H])C4CCCC4)cn3)[c-]cc(C#N)c12.[2H]C([2H])(c1cc(-c2[c-]cccc2)ncc1[Si](C)(C)C)C(C)C.[2H]C([2H])(c1cc(-c2[c-]cccc2)ncc1[Si](C)(C)C)C(C)C.[2H]C([2H])(c1cc(-c2[c-]cccc2)ncc1[Si](C)(C)C)C(C)C.[Ir].[Ir].[Ir]. The standard InChI is InChI=1S/C25H22N3O.C23H23N2O.C22H21N2O.3C18H24NSi.3Ir/c1-15-11-22(27-14-19(15)12-17-5-3-4-6-17)20-10-8-18(13-26)23-21-9-7-16(2)28-25(21)29-24(20)23;1-14-13-24-20(11-16(14)12-23(3,4)5)19-8-6-7-17-18-10-9-15(2)25-22(18)26-21(17)19;1-13(2)10-16-11-20(23-12-14(16)3)19-7-5-6-17-18-9-8-15(4)24-22(18)25-21(17)19;3*1-14(2)11-16-12-17(15-9-7-6-8-10-15)19-13-18(16)20(3,4)5;;;/h7-9,11,14,17H,3-6,12H2,1-2H3;6-7,9-11,13H,12H2,1-5H3;5-6,8-9,11-13H,10H2,1-4H3;3*6-9,12-14H,11H2,1-5H3;;;/q6*-1;;;/i2*1D3,2D3,12D2;3D3,4D3,10D2;3*11D2;;;. The first-order chi connectivity index (χ1) is 78.5. The maximum absolute atomic E-state index is 9.69. The number of benzene rings is 6. The Bertz CT molecular complexity index is 8540. The Balaban J connectivity index is 0.000000195. The Morgan fingerprint density at radius 1 is 0.385 bits per heavy atom. The molecule has 747 valence electrons. The summed E-state index contributed by atoms with van der Waals surface area (Å²) in [5.41, 5.74) is 9.15. The van der Waals surface area contributed by atoms with Crippen molar-refractivity contribution in [3.8, 4) is 73.6 Å². The molecule has 0 amide bonds. The van der Waals surface area contributed by atoms with Crippen LogP contribution in [0.25, 0.3) is 134 Å². The van der Waals surface area contributed by atoms with Gasteiger partial charge in [0.15, 0.2) is 0 Å². The van der Waals surface area contributed by atoms with Gasteiger partial charge in [-0.25, -0.2) is 20.2 Å². The van der Waals surface area contributed by atoms with Crippen LogP contribution in [0.3, 0.4) is 0 Å². The van der Waals surface area contributed by atoms with Gasteiger partial charge in [0.25, 0.3) is 0 Å². The first-order valence-corrected chi connectivity index (χ1v) is 57.6. The van der Waals surface area contributed by atoms with Crippen LogP contribution in [-0.2, 0) is 98.6 Å². The molecule has 12 heterocycles. The minimum Gasteiger partial charge on any atom is -0.486 e. The molecule has 1 fully saturated rings. The molecule has 3 radical (unpaired) electrons. The van der Waals surface area contributed by atoms with E-state index >= 15 is 0 Å². The number of aromatic nitrogens is 9. The Morgan fingerprint density at radius 2 is 0.748 bits per heavy atom. The van der Waals surface area contributed by atoms with Gasteiger partial charge >= 0.3 is 0 Å². The molecule has 18 aromatic rings. The summed E-state index contributed by atoms with van der Waals surface area (Å²) >= 11 is 0. The summed E-state index contributed by atoms with van der Waals surface area (Å²) in [5, 5.41) is 16.4. The Labute approximate surface area is 935 Å². The van der Waals surface area contributed by atoms with Gasteiger partial charge < -0.3 is 43.2 Å². The van der Waals surface area contributed by atoms with Crippen molar-refractivity contribution >= 4 is 106 Å². The van der Waals surface area contributed by atoms with E-state index in [4.69, 9.17) is 54.4 Å². The zero-order valence-corrected chi connectivity index (χ0v) is 94.3. The average Bonchev–Trinajstić information content (AvgIpc) is 1.50. The number of hydrogen-bond acceptors (Lipinski definition) is 13. The molecular formula is C124H138Ir3N10O3Si3-6. The molecule has 0 bridgehead atoms. The predicted molar refractivity (Wildman–Crippen MR) is 591 cm³/mol. The van der Waals surface area contributed by atoms with E-state index in [9.17, 15) is 5.26 Å². The first-order valence-electron chi connectivity index (χ1n) is 62.1. The second-order valence-corrected chi connectivity index (χ2v) is 55.1. The van der Waals surface area contributed by atoms with Crippen LogP contribution < -0.4 is 15.6 Å². The summed E-state index contributed by atoms with van der Waals surface area (Å²) in [6, 6.07) is 71.0. The molecule has 143 heavy (non-hydrogen) atoms. The van der Waals surface area contributed by atoms with Crippen molar-refractivity contribution in [3.05, 3.63) is 322 Å². The van der Waals surface area contributed by atoms with Crippen molar-refractivity contribution in [1.82, 2.24) is 44.9 Å². The Hall–Kier alpha value is -10.8. The van der Waals surface area contributed by atoms with Crippen molar-refractivity contribution in [1.29, 1.82) is 5.26 Å². The van der Waals surface area contributed by atoms with Crippen molar-refractivity contribution in [2.75, 3.05) is 0 Å². The molecule has 0 N–H and O–H groups in total. The van der Waals surface area contributed by atoms with Gasteiger partial charge in [-0.1, -0.05) is 258 Å². The van der Waals surface area contributed by atoms with E-state index in [-0.39, 0.29) is 180 Å². The van der Waals surface area contributed by atoms with Crippen LogP contribution in [0.2, 0.25) is 58.9 Å².